The minimum absolute atomic E-state index is 0.125. The van der Waals surface area contributed by atoms with Gasteiger partial charge in [-0.25, -0.2) is 9.37 Å². The molecule has 0 radical (unpaired) electrons. The number of carbonyl (C=O) groups excluding carboxylic acids is 1. The van der Waals surface area contributed by atoms with E-state index in [4.69, 9.17) is 37.7 Å². The molecule has 0 spiro atoms. The van der Waals surface area contributed by atoms with Crippen molar-refractivity contribution >= 4 is 40.8 Å². The van der Waals surface area contributed by atoms with Crippen molar-refractivity contribution in [3.63, 3.8) is 0 Å². The molecule has 1 aromatic carbocycles. The number of pyridine rings is 2. The number of methoxy groups -OCH3 is 2. The highest BCUT2D eigenvalue weighted by Gasteiger charge is 2.45. The first-order chi connectivity index (χ1) is 19.8. The number of aromatic nitrogens is 2. The minimum Gasteiger partial charge on any atom is -0.496 e. The Hall–Kier alpha value is -3.72. The third-order valence-corrected chi connectivity index (χ3v) is 8.15. The second-order valence-corrected chi connectivity index (χ2v) is 10.7. The molecule has 212 valence electrons. The predicted molar refractivity (Wildman–Crippen MR) is 159 cm³/mol. The molecule has 1 fully saturated rings. The number of likely N-dealkylation sites (tertiary alicyclic amines) is 1. The molecule has 1 N–H and O–H groups in total. The van der Waals surface area contributed by atoms with Gasteiger partial charge in [-0.05, 0) is 23.3 Å². The first-order valence-electron chi connectivity index (χ1n) is 13.0. The highest BCUT2D eigenvalue weighted by atomic mass is 35.5. The summed E-state index contributed by atoms with van der Waals surface area (Å²) >= 11 is 13.8. The lowest BCUT2D eigenvalue weighted by molar-refractivity contribution is 0.0582. The Balaban J connectivity index is 1.57. The van der Waals surface area contributed by atoms with Crippen molar-refractivity contribution in [2.75, 3.05) is 27.3 Å². The molecule has 3 aromatic rings. The van der Waals surface area contributed by atoms with Crippen LogP contribution >= 0.6 is 23.2 Å². The Morgan fingerprint density at radius 1 is 1.24 bits per heavy atom. The second-order valence-electron chi connectivity index (χ2n) is 9.82. The number of nitrogens with zero attached hydrogens (tertiary/aromatic N) is 3. The lowest BCUT2D eigenvalue weighted by Gasteiger charge is -2.39. The average molecular weight is 596 g/mol. The van der Waals surface area contributed by atoms with Crippen LogP contribution in [0.25, 0.3) is 11.6 Å². The van der Waals surface area contributed by atoms with Crippen molar-refractivity contribution in [2.24, 2.45) is 0 Å². The third-order valence-electron chi connectivity index (χ3n) is 7.24. The van der Waals surface area contributed by atoms with E-state index >= 15 is 0 Å². The fraction of sp³-hybridized carbons (Fsp3) is 0.258. The van der Waals surface area contributed by atoms with Crippen LogP contribution in [-0.4, -0.2) is 59.6 Å². The van der Waals surface area contributed by atoms with Crippen molar-refractivity contribution in [1.82, 2.24) is 20.2 Å². The van der Waals surface area contributed by atoms with E-state index in [-0.39, 0.29) is 5.69 Å². The molecule has 1 saturated heterocycles. The fourth-order valence-electron chi connectivity index (χ4n) is 5.05. The van der Waals surface area contributed by atoms with Crippen molar-refractivity contribution in [1.29, 1.82) is 0 Å². The number of hydrogen-bond donors (Lipinski definition) is 1. The van der Waals surface area contributed by atoms with Gasteiger partial charge in [0.2, 0.25) is 5.88 Å². The van der Waals surface area contributed by atoms with E-state index in [9.17, 15) is 9.18 Å². The molecule has 0 bridgehead atoms. The van der Waals surface area contributed by atoms with Crippen LogP contribution in [0.5, 0.6) is 11.6 Å². The summed E-state index contributed by atoms with van der Waals surface area (Å²) in [5.74, 6) is 0.326. The summed E-state index contributed by atoms with van der Waals surface area (Å²) in [6.07, 6.45) is 7.77. The molecule has 1 aliphatic heterocycles. The third kappa shape index (κ3) is 5.60. The summed E-state index contributed by atoms with van der Waals surface area (Å²) in [5.41, 5.74) is 2.13. The van der Waals surface area contributed by atoms with Gasteiger partial charge < -0.3 is 14.8 Å². The zero-order valence-electron chi connectivity index (χ0n) is 22.6. The zero-order valence-corrected chi connectivity index (χ0v) is 24.1. The van der Waals surface area contributed by atoms with Gasteiger partial charge in [0.15, 0.2) is 0 Å². The van der Waals surface area contributed by atoms with Gasteiger partial charge >= 0.3 is 0 Å². The maximum atomic E-state index is 13.8. The Morgan fingerprint density at radius 3 is 2.71 bits per heavy atom. The van der Waals surface area contributed by atoms with E-state index in [1.54, 1.807) is 30.4 Å². The molecule has 3 heterocycles. The highest BCUT2D eigenvalue weighted by molar-refractivity contribution is 6.34. The number of alkyl halides is 2. The minimum atomic E-state index is -1.32. The zero-order chi connectivity index (χ0) is 29.1. The van der Waals surface area contributed by atoms with Crippen LogP contribution in [0.15, 0.2) is 73.5 Å². The van der Waals surface area contributed by atoms with E-state index in [1.165, 1.54) is 20.4 Å². The number of carbonyl (C=O) groups is 1. The van der Waals surface area contributed by atoms with Crippen LogP contribution in [0.3, 0.4) is 0 Å². The largest absolute Gasteiger partial charge is 0.496 e. The summed E-state index contributed by atoms with van der Waals surface area (Å²) in [5, 5.41) is 2.80. The number of halogens is 3. The normalized spacial score (nSPS) is 20.6. The SMILES string of the molecule is C=Cc1cnc(C(=O)NC2(c3ccc(CN4CC(F)C4)c(OC)n3)C=CC=C(c3ccccc3Cl)C2Cl)cc1OC. The molecule has 1 amide bonds. The lowest BCUT2D eigenvalue weighted by atomic mass is 9.80. The van der Waals surface area contributed by atoms with Gasteiger partial charge in [-0.2, -0.15) is 0 Å². The maximum Gasteiger partial charge on any atom is 0.271 e. The topological polar surface area (TPSA) is 76.6 Å². The van der Waals surface area contributed by atoms with E-state index in [1.807, 2.05) is 41.3 Å². The van der Waals surface area contributed by atoms with E-state index in [0.717, 1.165) is 11.1 Å². The fourth-order valence-corrected chi connectivity index (χ4v) is 5.73. The number of ether oxygens (including phenoxy) is 2. The average Bonchev–Trinajstić information content (AvgIpc) is 2.97. The van der Waals surface area contributed by atoms with Gasteiger partial charge in [-0.1, -0.05) is 66.7 Å². The van der Waals surface area contributed by atoms with Gasteiger partial charge in [0.25, 0.3) is 5.91 Å². The second kappa shape index (κ2) is 12.0. The van der Waals surface area contributed by atoms with Crippen LogP contribution in [0.4, 0.5) is 4.39 Å². The van der Waals surface area contributed by atoms with Gasteiger partial charge in [0.1, 0.15) is 23.2 Å². The Morgan fingerprint density at radius 2 is 2.02 bits per heavy atom. The molecule has 2 unspecified atom stereocenters. The maximum absolute atomic E-state index is 13.8. The molecule has 1 aliphatic carbocycles. The predicted octanol–water partition coefficient (Wildman–Crippen LogP) is 5.83. The molecule has 2 aromatic heterocycles. The monoisotopic (exact) mass is 594 g/mol. The summed E-state index contributed by atoms with van der Waals surface area (Å²) in [6.45, 7) is 4.98. The Bertz CT molecular complexity index is 1540. The van der Waals surface area contributed by atoms with Crippen LogP contribution in [0.1, 0.15) is 32.9 Å². The van der Waals surface area contributed by atoms with Crippen molar-refractivity contribution in [3.05, 3.63) is 107 Å². The smallest absolute Gasteiger partial charge is 0.271 e. The van der Waals surface area contributed by atoms with E-state index < -0.39 is 23.0 Å². The van der Waals surface area contributed by atoms with E-state index in [0.29, 0.717) is 53.1 Å². The molecular weight excluding hydrogens is 566 g/mol. The summed E-state index contributed by atoms with van der Waals surface area (Å²) in [6, 6.07) is 12.6. The van der Waals surface area contributed by atoms with Crippen molar-refractivity contribution < 1.29 is 18.7 Å². The van der Waals surface area contributed by atoms with Crippen LogP contribution in [0.2, 0.25) is 5.02 Å². The first kappa shape index (κ1) is 28.8. The molecule has 10 heteroatoms. The van der Waals surface area contributed by atoms with Crippen LogP contribution in [0, 0.1) is 0 Å². The first-order valence-corrected chi connectivity index (χ1v) is 13.8. The molecule has 0 saturated carbocycles. The Labute approximate surface area is 248 Å². The van der Waals surface area contributed by atoms with Gasteiger partial charge in [-0.15, -0.1) is 11.6 Å². The number of benzene rings is 1. The van der Waals surface area contributed by atoms with Gasteiger partial charge in [-0.3, -0.25) is 14.7 Å². The molecule has 41 heavy (non-hydrogen) atoms. The van der Waals surface area contributed by atoms with Crippen molar-refractivity contribution in [3.8, 4) is 11.6 Å². The molecule has 5 rings (SSSR count). The summed E-state index contributed by atoms with van der Waals surface area (Å²) in [4.78, 5) is 24.9. The Kier molecular flexibility index (Phi) is 8.45. The molecule has 2 aliphatic rings. The highest BCUT2D eigenvalue weighted by Crippen LogP contribution is 2.43. The summed E-state index contributed by atoms with van der Waals surface area (Å²) < 4.78 is 24.5. The number of rotatable bonds is 9. The van der Waals surface area contributed by atoms with Gasteiger partial charge in [0, 0.05) is 48.0 Å². The summed E-state index contributed by atoms with van der Waals surface area (Å²) in [7, 11) is 3.03. The number of amides is 1. The molecule has 2 atom stereocenters. The van der Waals surface area contributed by atoms with Gasteiger partial charge in [0.05, 0.1) is 25.3 Å². The number of nitrogens with one attached hydrogen (secondary N) is 1. The van der Waals surface area contributed by atoms with Crippen molar-refractivity contribution in [2.45, 2.75) is 23.6 Å². The molecular formula is C31H29Cl2FN4O3. The quantitative estimate of drug-likeness (QED) is 0.314. The standard InChI is InChI=1S/C31H29Cl2FN4O3/c1-4-19-15-35-25(14-26(19)40-2)29(39)37-31(13-7-9-23(28(31)33)22-8-5-6-10-24(22)32)27-12-11-20(30(36-27)41-3)16-38-17-21(34)18-38/h4-15,21,28H,1,16-18H2,2-3H3,(H,37,39). The molecule has 7 nitrogen and oxygen atoms in total. The number of hydrogen-bond acceptors (Lipinski definition) is 6. The van der Waals surface area contributed by atoms with Crippen LogP contribution < -0.4 is 14.8 Å². The van der Waals surface area contributed by atoms with E-state index in [2.05, 4.69) is 16.9 Å². The number of allylic oxidation sites excluding steroid dienone is 2. The lowest BCUT2D eigenvalue weighted by Crippen LogP contribution is -2.52. The van der Waals surface area contributed by atoms with Crippen LogP contribution in [-0.2, 0) is 12.1 Å².